The summed E-state index contributed by atoms with van der Waals surface area (Å²) in [5.74, 6) is -1.72. The van der Waals surface area contributed by atoms with Crippen LogP contribution in [0, 0.1) is 0 Å². The van der Waals surface area contributed by atoms with Gasteiger partial charge in [-0.2, -0.15) is 4.31 Å². The SMILES string of the molecule is CC(CN(CC(=O)O)S(=O)(=O)Cc1ccccc1)NC(=O)OCC1c2ccccc2-c2ccccc21. The Morgan fingerprint density at radius 1 is 0.944 bits per heavy atom. The summed E-state index contributed by atoms with van der Waals surface area (Å²) in [6.45, 7) is 0.823. The Labute approximate surface area is 210 Å². The highest BCUT2D eigenvalue weighted by molar-refractivity contribution is 7.88. The smallest absolute Gasteiger partial charge is 0.407 e. The van der Waals surface area contributed by atoms with Crippen LogP contribution in [0.2, 0.25) is 0 Å². The molecule has 0 bridgehead atoms. The molecule has 0 fully saturated rings. The molecule has 0 saturated carbocycles. The lowest BCUT2D eigenvalue weighted by atomic mass is 9.98. The van der Waals surface area contributed by atoms with Gasteiger partial charge in [0.25, 0.3) is 0 Å². The van der Waals surface area contributed by atoms with Gasteiger partial charge in [0.2, 0.25) is 10.0 Å². The highest BCUT2D eigenvalue weighted by Crippen LogP contribution is 2.44. The van der Waals surface area contributed by atoms with Gasteiger partial charge in [-0.25, -0.2) is 13.2 Å². The van der Waals surface area contributed by atoms with E-state index in [1.807, 2.05) is 48.5 Å². The van der Waals surface area contributed by atoms with Gasteiger partial charge < -0.3 is 15.2 Å². The van der Waals surface area contributed by atoms with Crippen LogP contribution in [0.1, 0.15) is 29.5 Å². The van der Waals surface area contributed by atoms with E-state index in [0.29, 0.717) is 5.56 Å². The van der Waals surface area contributed by atoms with E-state index in [1.54, 1.807) is 37.3 Å². The van der Waals surface area contributed by atoms with E-state index in [-0.39, 0.29) is 24.8 Å². The van der Waals surface area contributed by atoms with E-state index < -0.39 is 34.7 Å². The zero-order valence-electron chi connectivity index (χ0n) is 19.8. The zero-order valence-corrected chi connectivity index (χ0v) is 20.6. The molecule has 1 aliphatic rings. The van der Waals surface area contributed by atoms with Crippen molar-refractivity contribution in [2.24, 2.45) is 0 Å². The number of fused-ring (bicyclic) bond motifs is 3. The molecule has 188 valence electrons. The van der Waals surface area contributed by atoms with E-state index in [1.165, 1.54) is 0 Å². The molecule has 0 radical (unpaired) electrons. The molecule has 0 aromatic heterocycles. The van der Waals surface area contributed by atoms with Crippen LogP contribution in [0.3, 0.4) is 0 Å². The summed E-state index contributed by atoms with van der Waals surface area (Å²) >= 11 is 0. The van der Waals surface area contributed by atoms with Gasteiger partial charge in [0.1, 0.15) is 13.2 Å². The summed E-state index contributed by atoms with van der Waals surface area (Å²) in [4.78, 5) is 23.9. The maximum Gasteiger partial charge on any atom is 0.407 e. The fraction of sp³-hybridized carbons (Fsp3) is 0.259. The molecule has 0 saturated heterocycles. The van der Waals surface area contributed by atoms with Gasteiger partial charge in [0, 0.05) is 18.5 Å². The number of benzene rings is 3. The molecule has 3 aromatic carbocycles. The summed E-state index contributed by atoms with van der Waals surface area (Å²) in [5.41, 5.74) is 4.94. The molecule has 1 atom stereocenters. The van der Waals surface area contributed by atoms with Gasteiger partial charge in [0.05, 0.1) is 5.75 Å². The number of hydrogen-bond acceptors (Lipinski definition) is 5. The largest absolute Gasteiger partial charge is 0.480 e. The second-order valence-electron chi connectivity index (χ2n) is 8.80. The minimum Gasteiger partial charge on any atom is -0.480 e. The second-order valence-corrected chi connectivity index (χ2v) is 10.8. The summed E-state index contributed by atoms with van der Waals surface area (Å²) in [6, 6.07) is 23.8. The minimum absolute atomic E-state index is 0.104. The van der Waals surface area contributed by atoms with Crippen molar-refractivity contribution in [3.05, 3.63) is 95.6 Å². The summed E-state index contributed by atoms with van der Waals surface area (Å²) < 4.78 is 32.2. The molecule has 36 heavy (non-hydrogen) atoms. The first-order valence-corrected chi connectivity index (χ1v) is 13.2. The molecule has 3 aromatic rings. The third-order valence-electron chi connectivity index (χ3n) is 6.08. The Bertz CT molecular complexity index is 1300. The molecule has 8 nitrogen and oxygen atoms in total. The lowest BCUT2D eigenvalue weighted by molar-refractivity contribution is -0.137. The normalized spacial score (nSPS) is 13.6. The predicted molar refractivity (Wildman–Crippen MR) is 136 cm³/mol. The van der Waals surface area contributed by atoms with Gasteiger partial charge in [-0.05, 0) is 34.7 Å². The number of carbonyl (C=O) groups is 2. The highest BCUT2D eigenvalue weighted by Gasteiger charge is 2.30. The Morgan fingerprint density at radius 2 is 1.50 bits per heavy atom. The number of nitrogens with zero attached hydrogens (tertiary/aromatic N) is 1. The number of amides is 1. The number of alkyl carbamates (subject to hydrolysis) is 1. The molecular formula is C27H28N2O6S. The Kier molecular flexibility index (Phi) is 7.71. The number of aliphatic carboxylic acids is 1. The monoisotopic (exact) mass is 508 g/mol. The van der Waals surface area contributed by atoms with Crippen LogP contribution < -0.4 is 5.32 Å². The number of nitrogens with one attached hydrogen (secondary N) is 1. The number of carbonyl (C=O) groups excluding carboxylic acids is 1. The lowest BCUT2D eigenvalue weighted by Crippen LogP contribution is -2.46. The average Bonchev–Trinajstić information content (AvgIpc) is 3.16. The van der Waals surface area contributed by atoms with Crippen molar-refractivity contribution in [3.63, 3.8) is 0 Å². The van der Waals surface area contributed by atoms with Gasteiger partial charge in [-0.3, -0.25) is 4.79 Å². The molecule has 4 rings (SSSR count). The van der Waals surface area contributed by atoms with Gasteiger partial charge in [0.15, 0.2) is 0 Å². The molecular weight excluding hydrogens is 480 g/mol. The van der Waals surface area contributed by atoms with Crippen LogP contribution in [0.4, 0.5) is 4.79 Å². The predicted octanol–water partition coefficient (Wildman–Crippen LogP) is 3.83. The molecule has 0 aliphatic heterocycles. The number of carboxylic acid groups (broad SMARTS) is 1. The first-order valence-electron chi connectivity index (χ1n) is 11.6. The number of rotatable bonds is 10. The Hall–Kier alpha value is -3.69. The minimum atomic E-state index is -3.93. The van der Waals surface area contributed by atoms with Crippen LogP contribution in [-0.2, 0) is 25.3 Å². The number of hydrogen-bond donors (Lipinski definition) is 2. The third kappa shape index (κ3) is 5.92. The van der Waals surface area contributed by atoms with Crippen LogP contribution in [0.15, 0.2) is 78.9 Å². The Morgan fingerprint density at radius 3 is 2.08 bits per heavy atom. The van der Waals surface area contributed by atoms with Gasteiger partial charge in [-0.15, -0.1) is 0 Å². The zero-order chi connectivity index (χ0) is 25.7. The molecule has 2 N–H and O–H groups in total. The maximum absolute atomic E-state index is 12.9. The topological polar surface area (TPSA) is 113 Å². The number of sulfonamides is 1. The second kappa shape index (κ2) is 10.9. The van der Waals surface area contributed by atoms with E-state index in [4.69, 9.17) is 4.74 Å². The van der Waals surface area contributed by atoms with Crippen molar-refractivity contribution in [1.82, 2.24) is 9.62 Å². The molecule has 1 aliphatic carbocycles. The van der Waals surface area contributed by atoms with Crippen molar-refractivity contribution in [2.45, 2.75) is 24.6 Å². The first kappa shape index (κ1) is 25.4. The van der Waals surface area contributed by atoms with Crippen LogP contribution >= 0.6 is 0 Å². The third-order valence-corrected chi connectivity index (χ3v) is 7.85. The summed E-state index contributed by atoms with van der Waals surface area (Å²) in [7, 11) is -3.93. The summed E-state index contributed by atoms with van der Waals surface area (Å²) in [5, 5.41) is 11.9. The number of ether oxygens (including phenoxy) is 1. The molecule has 0 heterocycles. The van der Waals surface area contributed by atoms with Crippen LogP contribution in [0.5, 0.6) is 0 Å². The number of carboxylic acids is 1. The van der Waals surface area contributed by atoms with Crippen molar-refractivity contribution < 1.29 is 27.9 Å². The Balaban J connectivity index is 1.38. The maximum atomic E-state index is 12.9. The van der Waals surface area contributed by atoms with E-state index >= 15 is 0 Å². The molecule has 9 heteroatoms. The van der Waals surface area contributed by atoms with E-state index in [9.17, 15) is 23.1 Å². The highest BCUT2D eigenvalue weighted by atomic mass is 32.2. The van der Waals surface area contributed by atoms with Crippen LogP contribution in [0.25, 0.3) is 11.1 Å². The standard InChI is InChI=1S/C27H28N2O6S/c1-19(15-29(16-26(30)31)36(33,34)18-20-9-3-2-4-10-20)28-27(32)35-17-25-23-13-7-5-11-21(23)22-12-6-8-14-24(22)25/h2-14,19,25H,15-18H2,1H3,(H,28,32)(H,30,31). The van der Waals surface area contributed by atoms with E-state index in [0.717, 1.165) is 26.6 Å². The fourth-order valence-electron chi connectivity index (χ4n) is 4.50. The quantitative estimate of drug-likeness (QED) is 0.430. The average molecular weight is 509 g/mol. The van der Waals surface area contributed by atoms with Crippen LogP contribution in [-0.4, -0.2) is 55.6 Å². The first-order chi connectivity index (χ1) is 17.2. The lowest BCUT2D eigenvalue weighted by Gasteiger charge is -2.24. The van der Waals surface area contributed by atoms with Crippen molar-refractivity contribution in [3.8, 4) is 11.1 Å². The molecule has 0 spiro atoms. The van der Waals surface area contributed by atoms with Gasteiger partial charge >= 0.3 is 12.1 Å². The molecule has 1 unspecified atom stereocenters. The van der Waals surface area contributed by atoms with Crippen molar-refractivity contribution >= 4 is 22.1 Å². The van der Waals surface area contributed by atoms with Crippen molar-refractivity contribution in [1.29, 1.82) is 0 Å². The molecule has 1 amide bonds. The van der Waals surface area contributed by atoms with Gasteiger partial charge in [-0.1, -0.05) is 78.9 Å². The fourth-order valence-corrected chi connectivity index (χ4v) is 6.05. The van der Waals surface area contributed by atoms with Crippen molar-refractivity contribution in [2.75, 3.05) is 19.7 Å². The van der Waals surface area contributed by atoms with E-state index in [2.05, 4.69) is 5.32 Å². The summed E-state index contributed by atoms with van der Waals surface area (Å²) in [6.07, 6.45) is -0.694.